The number of ether oxygens (including phenoxy) is 2. The molecule has 0 radical (unpaired) electrons. The van der Waals surface area contributed by atoms with Crippen LogP contribution in [0.4, 0.5) is 0 Å². The molecule has 34 heavy (non-hydrogen) atoms. The molecule has 2 N–H and O–H groups in total. The largest absolute Gasteiger partial charge is 0.379 e. The minimum absolute atomic E-state index is 0.0492. The van der Waals surface area contributed by atoms with Gasteiger partial charge in [-0.2, -0.15) is 0 Å². The van der Waals surface area contributed by atoms with E-state index in [9.17, 15) is 8.42 Å². The Bertz CT molecular complexity index is 1170. The van der Waals surface area contributed by atoms with Crippen LogP contribution in [0.25, 0.3) is 10.4 Å². The van der Waals surface area contributed by atoms with Crippen molar-refractivity contribution < 1.29 is 17.9 Å². The first-order valence-corrected chi connectivity index (χ1v) is 12.9. The molecule has 184 valence electrons. The van der Waals surface area contributed by atoms with Crippen LogP contribution in [-0.4, -0.2) is 59.9 Å². The molecule has 1 unspecified atom stereocenters. The Hall–Kier alpha value is -2.17. The zero-order valence-corrected chi connectivity index (χ0v) is 21.0. The summed E-state index contributed by atoms with van der Waals surface area (Å²) in [6.07, 6.45) is 0.385. The molecule has 11 heteroatoms. The summed E-state index contributed by atoms with van der Waals surface area (Å²) < 4.78 is 35.9. The fourth-order valence-electron chi connectivity index (χ4n) is 4.38. The van der Waals surface area contributed by atoms with Crippen LogP contribution in [0.5, 0.6) is 0 Å². The van der Waals surface area contributed by atoms with Crippen molar-refractivity contribution in [2.45, 2.75) is 30.7 Å². The van der Waals surface area contributed by atoms with Gasteiger partial charge in [0.1, 0.15) is 0 Å². The van der Waals surface area contributed by atoms with E-state index in [4.69, 9.17) is 31.7 Å². The lowest BCUT2D eigenvalue weighted by molar-refractivity contribution is 0.0517. The molecule has 3 rings (SSSR count). The Morgan fingerprint density at radius 3 is 2.65 bits per heavy atom. The van der Waals surface area contributed by atoms with E-state index < -0.39 is 10.0 Å². The highest BCUT2D eigenvalue weighted by Crippen LogP contribution is 2.39. The molecular formula is C23H30ClN5O4S. The Balaban J connectivity index is 1.85. The maximum absolute atomic E-state index is 12.4. The number of halogens is 1. The molecule has 0 saturated carbocycles. The summed E-state index contributed by atoms with van der Waals surface area (Å²) in [5, 5.41) is 9.70. The molecule has 2 aromatic rings. The third kappa shape index (κ3) is 6.70. The van der Waals surface area contributed by atoms with Crippen LogP contribution in [0.2, 0.25) is 5.02 Å². The van der Waals surface area contributed by atoms with Gasteiger partial charge >= 0.3 is 0 Å². The first kappa shape index (κ1) is 26.4. The Labute approximate surface area is 205 Å². The van der Waals surface area contributed by atoms with Gasteiger partial charge in [-0.05, 0) is 65.9 Å². The zero-order valence-electron chi connectivity index (χ0n) is 19.4. The van der Waals surface area contributed by atoms with Gasteiger partial charge in [-0.25, -0.2) is 13.6 Å². The molecular weight excluding hydrogens is 478 g/mol. The van der Waals surface area contributed by atoms with Crippen molar-refractivity contribution in [2.24, 2.45) is 10.3 Å². The number of azide groups is 1. The van der Waals surface area contributed by atoms with E-state index in [0.29, 0.717) is 38.4 Å². The second-order valence-electron chi connectivity index (χ2n) is 8.36. The first-order valence-electron chi connectivity index (χ1n) is 11.0. The Kier molecular flexibility index (Phi) is 9.32. The third-order valence-corrected chi connectivity index (χ3v) is 7.12. The first-order chi connectivity index (χ1) is 16.2. The van der Waals surface area contributed by atoms with Crippen molar-refractivity contribution in [3.63, 3.8) is 0 Å². The molecule has 1 aliphatic rings. The van der Waals surface area contributed by atoms with Gasteiger partial charge in [0.15, 0.2) is 0 Å². The second kappa shape index (κ2) is 12.0. The Morgan fingerprint density at radius 2 is 1.94 bits per heavy atom. The van der Waals surface area contributed by atoms with Gasteiger partial charge in [0.05, 0.1) is 31.3 Å². The number of primary sulfonamides is 1. The number of benzene rings is 2. The van der Waals surface area contributed by atoms with Crippen LogP contribution < -0.4 is 5.14 Å². The molecule has 0 aliphatic carbocycles. The summed E-state index contributed by atoms with van der Waals surface area (Å²) in [6, 6.07) is 9.34. The van der Waals surface area contributed by atoms with Crippen molar-refractivity contribution in [3.05, 3.63) is 73.6 Å². The summed E-state index contributed by atoms with van der Waals surface area (Å²) in [7, 11) is -1.89. The van der Waals surface area contributed by atoms with Crippen molar-refractivity contribution in [2.75, 3.05) is 46.6 Å². The van der Waals surface area contributed by atoms with E-state index in [1.807, 2.05) is 26.1 Å². The molecule has 0 aromatic heterocycles. The number of nitrogens with zero attached hydrogens (tertiary/aromatic N) is 4. The van der Waals surface area contributed by atoms with E-state index in [-0.39, 0.29) is 17.4 Å². The highest BCUT2D eigenvalue weighted by molar-refractivity contribution is 7.89. The van der Waals surface area contributed by atoms with Crippen LogP contribution in [0.3, 0.4) is 0 Å². The number of sulfonamides is 1. The van der Waals surface area contributed by atoms with Crippen LogP contribution >= 0.6 is 11.6 Å². The summed E-state index contributed by atoms with van der Waals surface area (Å²) in [4.78, 5) is 4.97. The maximum atomic E-state index is 12.4. The summed E-state index contributed by atoms with van der Waals surface area (Å²) in [6.45, 7) is 5.06. The van der Waals surface area contributed by atoms with Crippen LogP contribution in [0.1, 0.15) is 33.7 Å². The summed E-state index contributed by atoms with van der Waals surface area (Å²) >= 11 is 6.58. The molecule has 1 heterocycles. The normalized spacial score (nSPS) is 16.2. The minimum Gasteiger partial charge on any atom is -0.379 e. The average Bonchev–Trinajstić information content (AvgIpc) is 2.77. The standard InChI is InChI=1S/C23H30ClN5O4S/c1-16-12-19-20(14-29(2)15-21(19)22(24)13-16)17-4-3-5-23(34(26,30)31)18(17)6-8-32-10-11-33-9-7-27-28-25/h3-5,12-13,20H,6-11,14-15H2,1-2H3,(H2,26,30,31). The van der Waals surface area contributed by atoms with Crippen molar-refractivity contribution in [1.29, 1.82) is 0 Å². The highest BCUT2D eigenvalue weighted by atomic mass is 35.5. The predicted molar refractivity (Wildman–Crippen MR) is 132 cm³/mol. The van der Waals surface area contributed by atoms with E-state index in [0.717, 1.165) is 40.4 Å². The van der Waals surface area contributed by atoms with Gasteiger partial charge in [0.25, 0.3) is 0 Å². The van der Waals surface area contributed by atoms with Crippen molar-refractivity contribution >= 4 is 21.6 Å². The van der Waals surface area contributed by atoms with E-state index in [2.05, 4.69) is 21.0 Å². The summed E-state index contributed by atoms with van der Waals surface area (Å²) in [5.41, 5.74) is 13.1. The van der Waals surface area contributed by atoms with Gasteiger partial charge < -0.3 is 14.4 Å². The molecule has 0 saturated heterocycles. The number of aryl methyl sites for hydroxylation is 1. The number of fused-ring (bicyclic) bond motifs is 1. The smallest absolute Gasteiger partial charge is 0.238 e. The minimum atomic E-state index is -3.92. The van der Waals surface area contributed by atoms with Crippen molar-refractivity contribution in [3.8, 4) is 0 Å². The lowest BCUT2D eigenvalue weighted by Crippen LogP contribution is -2.32. The number of likely N-dealkylation sites (N-methyl/N-ethyl adjacent to an activating group) is 1. The molecule has 0 spiro atoms. The van der Waals surface area contributed by atoms with E-state index >= 15 is 0 Å². The van der Waals surface area contributed by atoms with Crippen LogP contribution in [0.15, 0.2) is 40.3 Å². The quantitative estimate of drug-likeness (QED) is 0.214. The van der Waals surface area contributed by atoms with Gasteiger partial charge in [-0.15, -0.1) is 0 Å². The monoisotopic (exact) mass is 507 g/mol. The van der Waals surface area contributed by atoms with E-state index in [1.165, 1.54) is 0 Å². The lowest BCUT2D eigenvalue weighted by atomic mass is 9.81. The predicted octanol–water partition coefficient (Wildman–Crippen LogP) is 3.76. The summed E-state index contributed by atoms with van der Waals surface area (Å²) in [5.74, 6) is -0.0492. The molecule has 0 fully saturated rings. The lowest BCUT2D eigenvalue weighted by Gasteiger charge is -2.35. The number of rotatable bonds is 11. The number of nitrogens with two attached hydrogens (primary N) is 1. The van der Waals surface area contributed by atoms with Gasteiger partial charge in [0.2, 0.25) is 10.0 Å². The average molecular weight is 508 g/mol. The van der Waals surface area contributed by atoms with Gasteiger partial charge in [-0.3, -0.25) is 0 Å². The molecule has 1 aliphatic heterocycles. The van der Waals surface area contributed by atoms with Crippen LogP contribution in [0, 0.1) is 6.92 Å². The molecule has 0 amide bonds. The second-order valence-corrected chi connectivity index (χ2v) is 10.3. The molecule has 1 atom stereocenters. The number of hydrogen-bond donors (Lipinski definition) is 1. The van der Waals surface area contributed by atoms with E-state index in [1.54, 1.807) is 12.1 Å². The zero-order chi connectivity index (χ0) is 24.7. The number of hydrogen-bond acceptors (Lipinski definition) is 6. The SMILES string of the molecule is Cc1cc(Cl)c2c(c1)C(c1cccc(S(N)(=O)=O)c1CCOCCOCCN=[N+]=[N-])CN(C)C2. The van der Waals surface area contributed by atoms with Gasteiger partial charge in [-0.1, -0.05) is 34.9 Å². The van der Waals surface area contributed by atoms with Crippen LogP contribution in [-0.2, 0) is 32.5 Å². The fourth-order valence-corrected chi connectivity index (χ4v) is 5.55. The maximum Gasteiger partial charge on any atom is 0.238 e. The topological polar surface area (TPSA) is 131 Å². The molecule has 9 nitrogen and oxygen atoms in total. The molecule has 0 bridgehead atoms. The Morgan fingerprint density at radius 1 is 1.21 bits per heavy atom. The van der Waals surface area contributed by atoms with Crippen molar-refractivity contribution in [1.82, 2.24) is 4.90 Å². The third-order valence-electron chi connectivity index (χ3n) is 5.79. The molecule has 2 aromatic carbocycles. The highest BCUT2D eigenvalue weighted by Gasteiger charge is 2.30. The fraction of sp³-hybridized carbons (Fsp3) is 0.478. The van der Waals surface area contributed by atoms with Gasteiger partial charge in [0, 0.05) is 35.5 Å².